The van der Waals surface area contributed by atoms with E-state index in [0.29, 0.717) is 18.2 Å². The predicted octanol–water partition coefficient (Wildman–Crippen LogP) is 1.07. The van der Waals surface area contributed by atoms with Crippen molar-refractivity contribution in [2.45, 2.75) is 45.1 Å². The van der Waals surface area contributed by atoms with Gasteiger partial charge in [0.25, 0.3) is 5.91 Å². The molecule has 1 amide bonds. The summed E-state index contributed by atoms with van der Waals surface area (Å²) in [5.41, 5.74) is 1.38. The second-order valence-electron chi connectivity index (χ2n) is 6.22. The molecule has 1 saturated carbocycles. The van der Waals surface area contributed by atoms with Gasteiger partial charge in [0.1, 0.15) is 17.3 Å². The van der Waals surface area contributed by atoms with E-state index in [1.165, 1.54) is 0 Å². The highest BCUT2D eigenvalue weighted by molar-refractivity contribution is 5.96. The molecule has 1 aromatic heterocycles. The first kappa shape index (κ1) is 14.3. The zero-order chi connectivity index (χ0) is 15.0. The molecule has 0 radical (unpaired) electrons. The Bertz CT molecular complexity index is 555. The Labute approximate surface area is 124 Å². The molecule has 1 aliphatic heterocycles. The van der Waals surface area contributed by atoms with Crippen molar-refractivity contribution in [3.8, 4) is 0 Å². The molecule has 0 aromatic carbocycles. The highest BCUT2D eigenvalue weighted by atomic mass is 16.3. The number of aromatic nitrogens is 2. The van der Waals surface area contributed by atoms with Gasteiger partial charge in [0.15, 0.2) is 0 Å². The number of carbonyl (C=O) groups is 1. The third kappa shape index (κ3) is 2.85. The number of hydrogen-bond acceptors (Lipinski definition) is 5. The fourth-order valence-corrected chi connectivity index (χ4v) is 2.55. The normalized spacial score (nSPS) is 19.1. The van der Waals surface area contributed by atoms with Gasteiger partial charge in [-0.25, -0.2) is 9.97 Å². The maximum absolute atomic E-state index is 12.0. The quantitative estimate of drug-likeness (QED) is 0.755. The van der Waals surface area contributed by atoms with Crippen molar-refractivity contribution >= 4 is 11.7 Å². The molecule has 6 nitrogen and oxygen atoms in total. The van der Waals surface area contributed by atoms with Crippen LogP contribution in [0.4, 0.5) is 5.82 Å². The van der Waals surface area contributed by atoms with Crippen LogP contribution < -0.4 is 10.6 Å². The van der Waals surface area contributed by atoms with Crippen molar-refractivity contribution in [3.05, 3.63) is 17.1 Å². The molecule has 0 spiro atoms. The van der Waals surface area contributed by atoms with Crippen LogP contribution >= 0.6 is 0 Å². The van der Waals surface area contributed by atoms with Crippen LogP contribution in [0.5, 0.6) is 0 Å². The molecule has 3 rings (SSSR count). The summed E-state index contributed by atoms with van der Waals surface area (Å²) in [5.74, 6) is 2.03. The van der Waals surface area contributed by atoms with Crippen molar-refractivity contribution in [1.82, 2.24) is 15.3 Å². The Kier molecular flexibility index (Phi) is 3.80. The van der Waals surface area contributed by atoms with Gasteiger partial charge in [-0.15, -0.1) is 0 Å². The lowest BCUT2D eigenvalue weighted by Crippen LogP contribution is -2.36. The number of rotatable bonds is 5. The molecule has 1 aliphatic carbocycles. The Morgan fingerprint density at radius 1 is 1.38 bits per heavy atom. The lowest BCUT2D eigenvalue weighted by molar-refractivity contribution is 0.0940. The van der Waals surface area contributed by atoms with Gasteiger partial charge in [0.2, 0.25) is 0 Å². The van der Waals surface area contributed by atoms with Crippen molar-refractivity contribution in [2.24, 2.45) is 5.92 Å². The van der Waals surface area contributed by atoms with Gasteiger partial charge in [-0.05, 0) is 25.2 Å². The maximum atomic E-state index is 12.0. The predicted molar refractivity (Wildman–Crippen MR) is 79.4 cm³/mol. The van der Waals surface area contributed by atoms with E-state index in [0.717, 1.165) is 36.5 Å². The SMILES string of the molecule is CC(C)[C@H](CO)Nc1nc(C2CC2)nc2c1CCNC2=O. The van der Waals surface area contributed by atoms with E-state index >= 15 is 0 Å². The molecule has 6 heteroatoms. The number of aliphatic hydroxyl groups is 1. The number of fused-ring (bicyclic) bond motifs is 1. The Hall–Kier alpha value is -1.69. The Morgan fingerprint density at radius 3 is 2.76 bits per heavy atom. The van der Waals surface area contributed by atoms with Crippen molar-refractivity contribution in [3.63, 3.8) is 0 Å². The molecule has 21 heavy (non-hydrogen) atoms. The molecule has 114 valence electrons. The number of aliphatic hydroxyl groups excluding tert-OH is 1. The number of carbonyl (C=O) groups excluding carboxylic acids is 1. The molecule has 2 heterocycles. The lowest BCUT2D eigenvalue weighted by Gasteiger charge is -2.25. The first-order valence-corrected chi connectivity index (χ1v) is 7.66. The molecule has 1 aromatic rings. The summed E-state index contributed by atoms with van der Waals surface area (Å²) in [7, 11) is 0. The van der Waals surface area contributed by atoms with Gasteiger partial charge in [0, 0.05) is 18.0 Å². The number of nitrogens with one attached hydrogen (secondary N) is 2. The minimum Gasteiger partial charge on any atom is -0.394 e. The first-order chi connectivity index (χ1) is 10.1. The summed E-state index contributed by atoms with van der Waals surface area (Å²) in [6, 6.07) is -0.0685. The van der Waals surface area contributed by atoms with Crippen LogP contribution in [-0.2, 0) is 6.42 Å². The van der Waals surface area contributed by atoms with E-state index in [2.05, 4.69) is 34.4 Å². The Morgan fingerprint density at radius 2 is 2.14 bits per heavy atom. The van der Waals surface area contributed by atoms with Crippen molar-refractivity contribution in [1.29, 1.82) is 0 Å². The molecular weight excluding hydrogens is 268 g/mol. The zero-order valence-electron chi connectivity index (χ0n) is 12.5. The fraction of sp³-hybridized carbons (Fsp3) is 0.667. The van der Waals surface area contributed by atoms with E-state index in [4.69, 9.17) is 0 Å². The van der Waals surface area contributed by atoms with E-state index in [1.807, 2.05) is 0 Å². The summed E-state index contributed by atoms with van der Waals surface area (Å²) in [5, 5.41) is 15.7. The van der Waals surface area contributed by atoms with Crippen LogP contribution in [0.1, 0.15) is 54.5 Å². The van der Waals surface area contributed by atoms with Gasteiger partial charge in [-0.2, -0.15) is 0 Å². The van der Waals surface area contributed by atoms with Gasteiger partial charge in [-0.3, -0.25) is 4.79 Å². The van der Waals surface area contributed by atoms with Crippen LogP contribution in [0.15, 0.2) is 0 Å². The smallest absolute Gasteiger partial charge is 0.270 e. The van der Waals surface area contributed by atoms with Crippen molar-refractivity contribution < 1.29 is 9.90 Å². The van der Waals surface area contributed by atoms with Crippen LogP contribution in [-0.4, -0.2) is 40.2 Å². The van der Waals surface area contributed by atoms with E-state index in [-0.39, 0.29) is 24.5 Å². The molecule has 1 fully saturated rings. The van der Waals surface area contributed by atoms with E-state index in [9.17, 15) is 9.90 Å². The average molecular weight is 290 g/mol. The van der Waals surface area contributed by atoms with Crippen LogP contribution in [0.3, 0.4) is 0 Å². The molecule has 1 atom stereocenters. The summed E-state index contributed by atoms with van der Waals surface area (Å²) in [6.45, 7) is 4.76. The van der Waals surface area contributed by atoms with Crippen molar-refractivity contribution in [2.75, 3.05) is 18.5 Å². The molecule has 3 N–H and O–H groups in total. The summed E-state index contributed by atoms with van der Waals surface area (Å²) >= 11 is 0. The maximum Gasteiger partial charge on any atom is 0.270 e. The minimum atomic E-state index is -0.117. The number of amides is 1. The third-order valence-electron chi connectivity index (χ3n) is 4.17. The van der Waals surface area contributed by atoms with E-state index < -0.39 is 0 Å². The topological polar surface area (TPSA) is 87.1 Å². The average Bonchev–Trinajstić information content (AvgIpc) is 3.29. The first-order valence-electron chi connectivity index (χ1n) is 7.66. The highest BCUT2D eigenvalue weighted by Crippen LogP contribution is 2.39. The molecular formula is C15H22N4O2. The fourth-order valence-electron chi connectivity index (χ4n) is 2.55. The second-order valence-corrected chi connectivity index (χ2v) is 6.22. The molecule has 0 bridgehead atoms. The number of hydrogen-bond donors (Lipinski definition) is 3. The van der Waals surface area contributed by atoms with Crippen LogP contribution in [0.2, 0.25) is 0 Å². The number of nitrogens with zero attached hydrogens (tertiary/aromatic N) is 2. The lowest BCUT2D eigenvalue weighted by atomic mass is 10.0. The van der Waals surface area contributed by atoms with Crippen LogP contribution in [0, 0.1) is 5.92 Å². The Balaban J connectivity index is 1.99. The van der Waals surface area contributed by atoms with E-state index in [1.54, 1.807) is 0 Å². The largest absolute Gasteiger partial charge is 0.394 e. The summed E-state index contributed by atoms with van der Waals surface area (Å²) in [6.07, 6.45) is 2.91. The van der Waals surface area contributed by atoms with Gasteiger partial charge in [0.05, 0.1) is 12.6 Å². The molecule has 0 saturated heterocycles. The monoisotopic (exact) mass is 290 g/mol. The number of anilines is 1. The highest BCUT2D eigenvalue weighted by Gasteiger charge is 2.31. The summed E-state index contributed by atoms with van der Waals surface area (Å²) in [4.78, 5) is 21.2. The molecule has 2 aliphatic rings. The standard InChI is InChI=1S/C15H22N4O2/c1-8(2)11(7-20)17-14-10-5-6-16-15(21)12(10)18-13(19-14)9-3-4-9/h8-9,11,20H,3-7H2,1-2H3,(H,16,21)(H,17,18,19)/t11-/m0/s1. The zero-order valence-corrected chi connectivity index (χ0v) is 12.5. The minimum absolute atomic E-state index is 0.0431. The van der Waals surface area contributed by atoms with Crippen LogP contribution in [0.25, 0.3) is 0 Å². The van der Waals surface area contributed by atoms with Gasteiger partial charge in [-0.1, -0.05) is 13.8 Å². The van der Waals surface area contributed by atoms with Gasteiger partial charge >= 0.3 is 0 Å². The molecule has 0 unspecified atom stereocenters. The summed E-state index contributed by atoms with van der Waals surface area (Å²) < 4.78 is 0. The van der Waals surface area contributed by atoms with Gasteiger partial charge < -0.3 is 15.7 Å². The third-order valence-corrected chi connectivity index (χ3v) is 4.17. The second kappa shape index (κ2) is 5.60.